The Balaban J connectivity index is 1.83. The molecule has 0 aliphatic carbocycles. The van der Waals surface area contributed by atoms with Crippen molar-refractivity contribution in [3.63, 3.8) is 0 Å². The van der Waals surface area contributed by atoms with E-state index in [-0.39, 0.29) is 30.7 Å². The van der Waals surface area contributed by atoms with Crippen LogP contribution in [0, 0.1) is 3.57 Å². The van der Waals surface area contributed by atoms with Crippen LogP contribution in [0.1, 0.15) is 36.9 Å². The van der Waals surface area contributed by atoms with E-state index in [0.717, 1.165) is 14.7 Å². The number of nitrogens with two attached hydrogens (primary N) is 1. The van der Waals surface area contributed by atoms with E-state index in [4.69, 9.17) is 5.73 Å². The number of nitrogens with one attached hydrogen (secondary N) is 2. The Hall–Kier alpha value is -2.42. The Morgan fingerprint density at radius 1 is 0.929 bits per heavy atom. The second-order valence-corrected chi connectivity index (χ2v) is 7.68. The molecule has 0 bridgehead atoms. The summed E-state index contributed by atoms with van der Waals surface area (Å²) in [4.78, 5) is 36.0. The van der Waals surface area contributed by atoms with Crippen LogP contribution in [-0.2, 0) is 20.8 Å². The standard InChI is InChI=1S/C21H24IN3O3/c1-14(15-7-3-2-4-8-15)24-19(26)11-12-20(27)25-18(21(23)28)13-16-9-5-6-10-17(16)22/h2-10,14,18H,11-13H2,1H3,(H2,23,28)(H,24,26)(H,25,27)/t14-,18+/m1/s1. The largest absolute Gasteiger partial charge is 0.368 e. The van der Waals surface area contributed by atoms with Crippen LogP contribution in [0.2, 0.25) is 0 Å². The third kappa shape index (κ3) is 6.95. The molecule has 2 atom stereocenters. The van der Waals surface area contributed by atoms with Gasteiger partial charge in [-0.2, -0.15) is 0 Å². The van der Waals surface area contributed by atoms with Crippen molar-refractivity contribution in [2.24, 2.45) is 5.73 Å². The van der Waals surface area contributed by atoms with Crippen LogP contribution in [0.3, 0.4) is 0 Å². The van der Waals surface area contributed by atoms with Gasteiger partial charge in [0.15, 0.2) is 0 Å². The van der Waals surface area contributed by atoms with Gasteiger partial charge in [0.25, 0.3) is 0 Å². The van der Waals surface area contributed by atoms with Crippen molar-refractivity contribution >= 4 is 40.3 Å². The van der Waals surface area contributed by atoms with Crippen molar-refractivity contribution in [1.82, 2.24) is 10.6 Å². The molecule has 0 fully saturated rings. The Morgan fingerprint density at radius 3 is 2.11 bits per heavy atom. The summed E-state index contributed by atoms with van der Waals surface area (Å²) >= 11 is 2.17. The summed E-state index contributed by atoms with van der Waals surface area (Å²) in [6.45, 7) is 1.89. The highest BCUT2D eigenvalue weighted by atomic mass is 127. The molecule has 4 N–H and O–H groups in total. The van der Waals surface area contributed by atoms with Gasteiger partial charge in [0, 0.05) is 22.8 Å². The van der Waals surface area contributed by atoms with E-state index in [9.17, 15) is 14.4 Å². The van der Waals surface area contributed by atoms with E-state index in [2.05, 4.69) is 33.2 Å². The van der Waals surface area contributed by atoms with Gasteiger partial charge in [-0.25, -0.2) is 0 Å². The number of hydrogen-bond donors (Lipinski definition) is 3. The van der Waals surface area contributed by atoms with Crippen LogP contribution in [0.5, 0.6) is 0 Å². The van der Waals surface area contributed by atoms with Crippen molar-refractivity contribution < 1.29 is 14.4 Å². The molecule has 2 aromatic carbocycles. The first kappa shape index (κ1) is 21.9. The molecule has 0 aromatic heterocycles. The molecule has 7 heteroatoms. The first-order chi connectivity index (χ1) is 13.4. The summed E-state index contributed by atoms with van der Waals surface area (Å²) < 4.78 is 0.995. The molecule has 0 radical (unpaired) electrons. The minimum atomic E-state index is -0.810. The predicted octanol–water partition coefficient (Wildman–Crippen LogP) is 2.46. The van der Waals surface area contributed by atoms with E-state index in [1.54, 1.807) is 0 Å². The van der Waals surface area contributed by atoms with Gasteiger partial charge in [-0.3, -0.25) is 14.4 Å². The lowest BCUT2D eigenvalue weighted by Crippen LogP contribution is -2.46. The molecule has 0 aliphatic heterocycles. The van der Waals surface area contributed by atoms with Crippen molar-refractivity contribution in [3.05, 3.63) is 69.3 Å². The van der Waals surface area contributed by atoms with Gasteiger partial charge in [0.2, 0.25) is 17.7 Å². The Labute approximate surface area is 178 Å². The summed E-state index contributed by atoms with van der Waals surface area (Å²) in [6, 6.07) is 16.2. The minimum Gasteiger partial charge on any atom is -0.368 e. The highest BCUT2D eigenvalue weighted by molar-refractivity contribution is 14.1. The summed E-state index contributed by atoms with van der Waals surface area (Å²) in [5, 5.41) is 5.50. The van der Waals surface area contributed by atoms with E-state index >= 15 is 0 Å². The molecule has 0 aliphatic rings. The molecule has 0 heterocycles. The van der Waals surface area contributed by atoms with Gasteiger partial charge < -0.3 is 16.4 Å². The third-order valence-corrected chi connectivity index (χ3v) is 5.37. The maximum atomic E-state index is 12.2. The number of primary amides is 1. The van der Waals surface area contributed by atoms with Gasteiger partial charge in [0.05, 0.1) is 6.04 Å². The first-order valence-electron chi connectivity index (χ1n) is 9.03. The topological polar surface area (TPSA) is 101 Å². The average Bonchev–Trinajstić information content (AvgIpc) is 2.68. The minimum absolute atomic E-state index is 0.0109. The van der Waals surface area contributed by atoms with Crippen LogP contribution >= 0.6 is 22.6 Å². The first-order valence-corrected chi connectivity index (χ1v) is 10.1. The summed E-state index contributed by atoms with van der Waals surface area (Å²) in [5.74, 6) is -1.20. The van der Waals surface area contributed by atoms with Crippen LogP contribution in [-0.4, -0.2) is 23.8 Å². The molecular formula is C21H24IN3O3. The molecule has 6 nitrogen and oxygen atoms in total. The van der Waals surface area contributed by atoms with Crippen molar-refractivity contribution in [2.45, 2.75) is 38.3 Å². The van der Waals surface area contributed by atoms with Gasteiger partial charge in [-0.15, -0.1) is 0 Å². The van der Waals surface area contributed by atoms with Gasteiger partial charge in [-0.1, -0.05) is 48.5 Å². The van der Waals surface area contributed by atoms with Crippen LogP contribution < -0.4 is 16.4 Å². The quantitative estimate of drug-likeness (QED) is 0.468. The molecule has 0 spiro atoms. The van der Waals surface area contributed by atoms with Crippen molar-refractivity contribution in [2.75, 3.05) is 0 Å². The number of hydrogen-bond acceptors (Lipinski definition) is 3. The number of carbonyl (C=O) groups is 3. The lowest BCUT2D eigenvalue weighted by molar-refractivity contribution is -0.129. The van der Waals surface area contributed by atoms with Crippen molar-refractivity contribution in [3.8, 4) is 0 Å². The van der Waals surface area contributed by atoms with Crippen LogP contribution in [0.25, 0.3) is 0 Å². The van der Waals surface area contributed by atoms with Gasteiger partial charge in [-0.05, 0) is 46.7 Å². The Kier molecular flexibility index (Phi) is 8.43. The van der Waals surface area contributed by atoms with E-state index in [0.29, 0.717) is 6.42 Å². The zero-order valence-corrected chi connectivity index (χ0v) is 17.8. The van der Waals surface area contributed by atoms with Crippen LogP contribution in [0.4, 0.5) is 0 Å². The zero-order valence-electron chi connectivity index (χ0n) is 15.7. The maximum Gasteiger partial charge on any atom is 0.240 e. The van der Waals surface area contributed by atoms with E-state index < -0.39 is 11.9 Å². The third-order valence-electron chi connectivity index (χ3n) is 4.32. The lowest BCUT2D eigenvalue weighted by atomic mass is 10.1. The number of halogens is 1. The van der Waals surface area contributed by atoms with Gasteiger partial charge >= 0.3 is 0 Å². The molecular weight excluding hydrogens is 469 g/mol. The fourth-order valence-corrected chi connectivity index (χ4v) is 3.35. The predicted molar refractivity (Wildman–Crippen MR) is 116 cm³/mol. The number of carbonyl (C=O) groups excluding carboxylic acids is 3. The zero-order chi connectivity index (χ0) is 20.5. The number of amides is 3. The monoisotopic (exact) mass is 493 g/mol. The number of rotatable bonds is 9. The second kappa shape index (κ2) is 10.8. The molecule has 2 aromatic rings. The fraction of sp³-hybridized carbons (Fsp3) is 0.286. The highest BCUT2D eigenvalue weighted by Gasteiger charge is 2.20. The smallest absolute Gasteiger partial charge is 0.240 e. The van der Waals surface area contributed by atoms with Crippen molar-refractivity contribution in [1.29, 1.82) is 0 Å². The molecule has 148 valence electrons. The van der Waals surface area contributed by atoms with E-state index in [1.165, 1.54) is 0 Å². The fourth-order valence-electron chi connectivity index (χ4n) is 2.74. The molecule has 0 saturated carbocycles. The number of benzene rings is 2. The van der Waals surface area contributed by atoms with E-state index in [1.807, 2.05) is 61.5 Å². The summed E-state index contributed by atoms with van der Waals surface area (Å²) in [7, 11) is 0. The average molecular weight is 493 g/mol. The maximum absolute atomic E-state index is 12.2. The van der Waals surface area contributed by atoms with Crippen LogP contribution in [0.15, 0.2) is 54.6 Å². The van der Waals surface area contributed by atoms with Gasteiger partial charge in [0.1, 0.15) is 6.04 Å². The lowest BCUT2D eigenvalue weighted by Gasteiger charge is -2.17. The summed E-state index contributed by atoms with van der Waals surface area (Å²) in [6.07, 6.45) is 0.345. The summed E-state index contributed by atoms with van der Waals surface area (Å²) in [5.41, 5.74) is 7.36. The molecule has 0 unspecified atom stereocenters. The Morgan fingerprint density at radius 2 is 1.50 bits per heavy atom. The highest BCUT2D eigenvalue weighted by Crippen LogP contribution is 2.14. The molecule has 28 heavy (non-hydrogen) atoms. The molecule has 3 amide bonds. The Bertz CT molecular complexity index is 827. The second-order valence-electron chi connectivity index (χ2n) is 6.52. The molecule has 0 saturated heterocycles. The molecule has 2 rings (SSSR count). The SMILES string of the molecule is C[C@@H](NC(=O)CCC(=O)N[C@@H](Cc1ccccc1I)C(N)=O)c1ccccc1. The normalized spacial score (nSPS) is 12.6.